The molecule has 0 aliphatic carbocycles. The molecule has 1 atom stereocenters. The molecule has 0 spiro atoms. The fraction of sp³-hybridized carbons (Fsp3) is 0.316. The second kappa shape index (κ2) is 8.22. The molecule has 5 nitrogen and oxygen atoms in total. The Morgan fingerprint density at radius 2 is 1.68 bits per heavy atom. The van der Waals surface area contributed by atoms with E-state index in [2.05, 4.69) is 0 Å². The summed E-state index contributed by atoms with van der Waals surface area (Å²) < 4.78 is 72.4. The number of anilines is 1. The Labute approximate surface area is 161 Å². The molecule has 0 bridgehead atoms. The third-order valence-electron chi connectivity index (χ3n) is 4.00. The largest absolute Gasteiger partial charge is 0.464 e. The summed E-state index contributed by atoms with van der Waals surface area (Å²) in [5, 5.41) is 0. The first-order valence-electron chi connectivity index (χ1n) is 8.44. The van der Waals surface area contributed by atoms with Crippen LogP contribution < -0.4 is 4.31 Å². The molecule has 0 aliphatic rings. The summed E-state index contributed by atoms with van der Waals surface area (Å²) in [5.41, 5.74) is -1.03. The highest BCUT2D eigenvalue weighted by Crippen LogP contribution is 2.39. The third-order valence-corrected chi connectivity index (χ3v) is 5.90. The number of benzene rings is 2. The molecule has 2 rings (SSSR count). The van der Waals surface area contributed by atoms with Crippen molar-refractivity contribution in [2.75, 3.05) is 10.9 Å². The monoisotopic (exact) mass is 415 g/mol. The Hall–Kier alpha value is -2.55. The van der Waals surface area contributed by atoms with Crippen molar-refractivity contribution in [1.82, 2.24) is 0 Å². The van der Waals surface area contributed by atoms with Crippen molar-refractivity contribution in [3.05, 3.63) is 59.7 Å². The SMILES string of the molecule is CCOC(=O)C(C)N(c1ccccc1C(F)(F)F)S(=O)(=O)c1ccc(C)cc1. The van der Waals surface area contributed by atoms with Gasteiger partial charge in [0.15, 0.2) is 0 Å². The lowest BCUT2D eigenvalue weighted by atomic mass is 10.1. The number of nitrogens with zero attached hydrogens (tertiary/aromatic N) is 1. The molecule has 1 unspecified atom stereocenters. The highest BCUT2D eigenvalue weighted by Gasteiger charge is 2.41. The van der Waals surface area contributed by atoms with Gasteiger partial charge in [-0.1, -0.05) is 29.8 Å². The van der Waals surface area contributed by atoms with Crippen LogP contribution in [-0.4, -0.2) is 27.0 Å². The second-order valence-corrected chi connectivity index (χ2v) is 7.87. The molecule has 0 heterocycles. The molecule has 0 amide bonds. The number of para-hydroxylation sites is 1. The summed E-state index contributed by atoms with van der Waals surface area (Å²) in [7, 11) is -4.48. The Balaban J connectivity index is 2.72. The van der Waals surface area contributed by atoms with Crippen molar-refractivity contribution in [3.63, 3.8) is 0 Å². The summed E-state index contributed by atoms with van der Waals surface area (Å²) in [4.78, 5) is 12.0. The Morgan fingerprint density at radius 3 is 2.21 bits per heavy atom. The summed E-state index contributed by atoms with van der Waals surface area (Å²) in [6.07, 6.45) is -4.81. The maximum atomic E-state index is 13.5. The first-order valence-corrected chi connectivity index (χ1v) is 9.88. The van der Waals surface area contributed by atoms with Gasteiger partial charge in [0.1, 0.15) is 6.04 Å². The van der Waals surface area contributed by atoms with E-state index in [0.717, 1.165) is 23.8 Å². The van der Waals surface area contributed by atoms with Crippen molar-refractivity contribution in [2.45, 2.75) is 37.9 Å². The van der Waals surface area contributed by atoms with Crippen molar-refractivity contribution in [2.24, 2.45) is 0 Å². The topological polar surface area (TPSA) is 63.7 Å². The Morgan fingerprint density at radius 1 is 1.11 bits per heavy atom. The van der Waals surface area contributed by atoms with Crippen molar-refractivity contribution < 1.29 is 31.1 Å². The molecule has 0 saturated heterocycles. The number of alkyl halides is 3. The minimum absolute atomic E-state index is 0.0392. The molecule has 9 heteroatoms. The molecule has 2 aromatic carbocycles. The number of carbonyl (C=O) groups is 1. The maximum absolute atomic E-state index is 13.5. The number of halogens is 3. The average Bonchev–Trinajstić information content (AvgIpc) is 2.61. The fourth-order valence-electron chi connectivity index (χ4n) is 2.63. The predicted molar refractivity (Wildman–Crippen MR) is 98.4 cm³/mol. The van der Waals surface area contributed by atoms with Gasteiger partial charge in [-0.25, -0.2) is 13.2 Å². The zero-order valence-corrected chi connectivity index (χ0v) is 16.3. The first kappa shape index (κ1) is 21.7. The van der Waals surface area contributed by atoms with Gasteiger partial charge in [-0.3, -0.25) is 4.31 Å². The average molecular weight is 415 g/mol. The lowest BCUT2D eigenvalue weighted by Gasteiger charge is -2.31. The van der Waals surface area contributed by atoms with Crippen LogP contribution in [-0.2, 0) is 25.7 Å². The van der Waals surface area contributed by atoms with Crippen LogP contribution in [0.5, 0.6) is 0 Å². The summed E-state index contributed by atoms with van der Waals surface area (Å²) in [6, 6.07) is 8.32. The first-order chi connectivity index (χ1) is 13.0. The number of hydrogen-bond acceptors (Lipinski definition) is 4. The van der Waals surface area contributed by atoms with E-state index in [1.54, 1.807) is 6.92 Å². The molecule has 0 saturated carbocycles. The normalized spacial score (nSPS) is 13.1. The number of sulfonamides is 1. The molecule has 0 fully saturated rings. The smallest absolute Gasteiger partial charge is 0.418 e. The van der Waals surface area contributed by atoms with Crippen LogP contribution in [0, 0.1) is 6.92 Å². The van der Waals surface area contributed by atoms with Crippen molar-refractivity contribution in [1.29, 1.82) is 0 Å². The van der Waals surface area contributed by atoms with Crippen LogP contribution in [0.3, 0.4) is 0 Å². The van der Waals surface area contributed by atoms with Crippen molar-refractivity contribution >= 4 is 21.7 Å². The summed E-state index contributed by atoms with van der Waals surface area (Å²) in [5.74, 6) is -0.949. The molecule has 2 aromatic rings. The predicted octanol–water partition coefficient (Wildman–Crippen LogP) is 4.16. The van der Waals surface area contributed by atoms with Gasteiger partial charge >= 0.3 is 12.1 Å². The number of hydrogen-bond donors (Lipinski definition) is 0. The highest BCUT2D eigenvalue weighted by atomic mass is 32.2. The number of aryl methyl sites for hydroxylation is 1. The van der Waals surface area contributed by atoms with E-state index >= 15 is 0 Å². The number of esters is 1. The van der Waals surface area contributed by atoms with Gasteiger partial charge in [0, 0.05) is 0 Å². The second-order valence-electron chi connectivity index (χ2n) is 6.06. The van der Waals surface area contributed by atoms with E-state index in [4.69, 9.17) is 4.74 Å². The van der Waals surface area contributed by atoms with E-state index in [1.807, 2.05) is 0 Å². The molecule has 0 N–H and O–H groups in total. The lowest BCUT2D eigenvalue weighted by Crippen LogP contribution is -2.45. The molecule has 152 valence electrons. The minimum Gasteiger partial charge on any atom is -0.464 e. The van der Waals surface area contributed by atoms with Gasteiger partial charge in [0.05, 0.1) is 22.8 Å². The minimum atomic E-state index is -4.81. The fourth-order valence-corrected chi connectivity index (χ4v) is 4.26. The standard InChI is InChI=1S/C19H20F3NO4S/c1-4-27-18(24)14(3)23(17-8-6-5-7-16(17)19(20,21)22)28(25,26)15-11-9-13(2)10-12-15/h5-12,14H,4H2,1-3H3. The Bertz CT molecular complexity index is 940. The quantitative estimate of drug-likeness (QED) is 0.665. The van der Waals surface area contributed by atoms with Gasteiger partial charge in [-0.2, -0.15) is 13.2 Å². The van der Waals surface area contributed by atoms with Crippen LogP contribution in [0.4, 0.5) is 18.9 Å². The molecular weight excluding hydrogens is 395 g/mol. The van der Waals surface area contributed by atoms with E-state index in [-0.39, 0.29) is 11.5 Å². The van der Waals surface area contributed by atoms with Gasteiger partial charge in [0.25, 0.3) is 10.0 Å². The lowest BCUT2D eigenvalue weighted by molar-refractivity contribution is -0.144. The molecular formula is C19H20F3NO4S. The highest BCUT2D eigenvalue weighted by molar-refractivity contribution is 7.93. The zero-order valence-electron chi connectivity index (χ0n) is 15.5. The molecule has 0 aromatic heterocycles. The van der Waals surface area contributed by atoms with E-state index in [1.165, 1.54) is 44.2 Å². The van der Waals surface area contributed by atoms with Crippen LogP contribution in [0.25, 0.3) is 0 Å². The van der Waals surface area contributed by atoms with E-state index < -0.39 is 39.5 Å². The van der Waals surface area contributed by atoms with Crippen LogP contribution >= 0.6 is 0 Å². The number of rotatable bonds is 6. The molecule has 0 aliphatic heterocycles. The number of carbonyl (C=O) groups excluding carboxylic acids is 1. The summed E-state index contributed by atoms with van der Waals surface area (Å²) >= 11 is 0. The third kappa shape index (κ3) is 4.46. The van der Waals surface area contributed by atoms with Crippen LogP contribution in [0.2, 0.25) is 0 Å². The van der Waals surface area contributed by atoms with Gasteiger partial charge < -0.3 is 4.74 Å². The molecule has 28 heavy (non-hydrogen) atoms. The van der Waals surface area contributed by atoms with Crippen molar-refractivity contribution in [3.8, 4) is 0 Å². The van der Waals surface area contributed by atoms with Crippen LogP contribution in [0.15, 0.2) is 53.4 Å². The zero-order chi connectivity index (χ0) is 21.1. The van der Waals surface area contributed by atoms with Crippen LogP contribution in [0.1, 0.15) is 25.0 Å². The van der Waals surface area contributed by atoms with Gasteiger partial charge in [-0.15, -0.1) is 0 Å². The summed E-state index contributed by atoms with van der Waals surface area (Å²) in [6.45, 7) is 4.42. The number of ether oxygens (including phenoxy) is 1. The Kier molecular flexibility index (Phi) is 6.38. The molecule has 0 radical (unpaired) electrons. The van der Waals surface area contributed by atoms with E-state index in [0.29, 0.717) is 4.31 Å². The van der Waals surface area contributed by atoms with Gasteiger partial charge in [-0.05, 0) is 45.0 Å². The maximum Gasteiger partial charge on any atom is 0.418 e. The van der Waals surface area contributed by atoms with Gasteiger partial charge in [0.2, 0.25) is 0 Å². The van der Waals surface area contributed by atoms with E-state index in [9.17, 15) is 26.4 Å².